The normalized spacial score (nSPS) is 12.2. The second kappa shape index (κ2) is 18.1. The van der Waals surface area contributed by atoms with Gasteiger partial charge in [0, 0.05) is 36.7 Å². The predicted molar refractivity (Wildman–Crippen MR) is 224 cm³/mol. The maximum Gasteiger partial charge on any atom is 0.256 e. The van der Waals surface area contributed by atoms with Crippen molar-refractivity contribution in [3.63, 3.8) is 0 Å². The van der Waals surface area contributed by atoms with Gasteiger partial charge >= 0.3 is 0 Å². The third-order valence-electron chi connectivity index (χ3n) is 9.27. The zero-order chi connectivity index (χ0) is 37.2. The molecule has 0 fully saturated rings. The summed E-state index contributed by atoms with van der Waals surface area (Å²) in [5.74, 6) is 2.03. The van der Waals surface area contributed by atoms with Gasteiger partial charge < -0.3 is 14.1 Å². The Kier molecular flexibility index (Phi) is 13.1. The van der Waals surface area contributed by atoms with Crippen molar-refractivity contribution >= 4 is 58.9 Å². The minimum Gasteiger partial charge on any atom is -0.487 e. The van der Waals surface area contributed by atoms with Crippen molar-refractivity contribution in [1.82, 2.24) is 9.88 Å². The predicted octanol–water partition coefficient (Wildman–Crippen LogP) is 9.70. The number of carbonyl (C=O) groups excluding carboxylic acids is 1. The van der Waals surface area contributed by atoms with Gasteiger partial charge in [0.2, 0.25) is 5.91 Å². The number of hydrogen-bond donors (Lipinski definition) is 0. The number of pyridine rings is 1. The van der Waals surface area contributed by atoms with Crippen LogP contribution in [0.5, 0.6) is 5.75 Å². The van der Waals surface area contributed by atoms with E-state index in [9.17, 15) is 4.79 Å². The minimum absolute atomic E-state index is 0.0182. The van der Waals surface area contributed by atoms with Gasteiger partial charge in [0.1, 0.15) is 12.4 Å². The fourth-order valence-corrected chi connectivity index (χ4v) is 12.3. The van der Waals surface area contributed by atoms with E-state index in [4.69, 9.17) is 25.7 Å². The number of aromatic nitrogens is 1. The van der Waals surface area contributed by atoms with E-state index in [1.54, 1.807) is 30.8 Å². The van der Waals surface area contributed by atoms with E-state index in [0.717, 1.165) is 45.1 Å². The second-order valence-corrected chi connectivity index (χ2v) is 19.1. The Bertz CT molecular complexity index is 2070. The first-order chi connectivity index (χ1) is 25.7. The third-order valence-corrected chi connectivity index (χ3v) is 15.4. The molecule has 0 aliphatic rings. The summed E-state index contributed by atoms with van der Waals surface area (Å²) in [5.41, 5.74) is 5.07. The Morgan fingerprint density at radius 3 is 2.11 bits per heavy atom. The number of nitrogens with zero attached hydrogens (tertiary/aromatic N) is 2. The van der Waals surface area contributed by atoms with Crippen LogP contribution < -0.4 is 15.1 Å². The van der Waals surface area contributed by atoms with Crippen molar-refractivity contribution < 1.29 is 14.0 Å². The summed E-state index contributed by atoms with van der Waals surface area (Å²) in [6.45, 7) is 5.40. The maximum atomic E-state index is 12.6. The summed E-state index contributed by atoms with van der Waals surface area (Å²) in [6, 6.07) is 49.3. The fourth-order valence-electron chi connectivity index (χ4n) is 6.68. The van der Waals surface area contributed by atoms with Crippen molar-refractivity contribution in [2.45, 2.75) is 44.8 Å². The first-order valence-corrected chi connectivity index (χ1v) is 21.7. The molecule has 5 nitrogen and oxygen atoms in total. The summed E-state index contributed by atoms with van der Waals surface area (Å²) in [5, 5.41) is 4.25. The van der Waals surface area contributed by atoms with Crippen LogP contribution in [-0.4, -0.2) is 44.0 Å². The highest BCUT2D eigenvalue weighted by atomic mass is 35.5. The molecule has 0 aliphatic carbocycles. The number of hydrogen-bond acceptors (Lipinski definition) is 5. The Hall–Kier alpha value is -4.40. The highest BCUT2D eigenvalue weighted by molar-refractivity contribution is 7.99. The van der Waals surface area contributed by atoms with E-state index < -0.39 is 8.32 Å². The number of carbonyl (C=O) groups is 1. The molecule has 0 radical (unpaired) electrons. The number of amides is 1. The van der Waals surface area contributed by atoms with E-state index in [1.165, 1.54) is 10.4 Å². The molecule has 6 aromatic rings. The van der Waals surface area contributed by atoms with Gasteiger partial charge in [0.15, 0.2) is 0 Å². The Balaban J connectivity index is 1.27. The number of ether oxygens (including phenoxy) is 1. The number of halogens is 1. The fraction of sp³-hybridized carbons (Fsp3) is 0.244. The standard InChI is InChI=1S/C45H47ClN2O3SSi/c1-33(2)32-53(41-17-7-5-8-18-41,42-19-9-6-10-20-42)51-30-34-13-11-14-36(27-34)45(52-26-25-44(49)48(3)4)37-15-12-16-40(28-37)50-31-39-24-22-35-21-23-38(46)29-43(35)47-39/h5-24,27-29,33,45H,25-26,30-32H2,1-4H3. The molecule has 1 amide bonds. The van der Waals surface area contributed by atoms with Gasteiger partial charge in [-0.2, -0.15) is 0 Å². The van der Waals surface area contributed by atoms with E-state index in [2.05, 4.69) is 111 Å². The Morgan fingerprint density at radius 1 is 0.774 bits per heavy atom. The van der Waals surface area contributed by atoms with Crippen LogP contribution in [0.3, 0.4) is 0 Å². The molecule has 0 aliphatic heterocycles. The molecule has 1 aromatic heterocycles. The van der Waals surface area contributed by atoms with Crippen LogP contribution in [0.2, 0.25) is 11.1 Å². The average molecular weight is 759 g/mol. The van der Waals surface area contributed by atoms with Crippen LogP contribution in [0.1, 0.15) is 47.9 Å². The van der Waals surface area contributed by atoms with Crippen LogP contribution in [0.4, 0.5) is 0 Å². The summed E-state index contributed by atoms with van der Waals surface area (Å²) in [4.78, 5) is 19.0. The first-order valence-electron chi connectivity index (χ1n) is 18.1. The molecule has 0 saturated heterocycles. The molecular formula is C45H47ClN2O3SSi. The van der Waals surface area contributed by atoms with Gasteiger partial charge in [-0.3, -0.25) is 4.79 Å². The zero-order valence-corrected chi connectivity index (χ0v) is 33.4. The largest absolute Gasteiger partial charge is 0.487 e. The molecule has 53 heavy (non-hydrogen) atoms. The minimum atomic E-state index is -2.58. The molecular weight excluding hydrogens is 712 g/mol. The molecule has 0 bridgehead atoms. The Labute approximate surface area is 324 Å². The Morgan fingerprint density at radius 2 is 1.43 bits per heavy atom. The number of benzene rings is 5. The van der Waals surface area contributed by atoms with Crippen LogP contribution >= 0.6 is 23.4 Å². The SMILES string of the molecule is CC(C)C[Si](OCc1cccc(C(SCCC(=O)N(C)C)c2cccc(OCc3ccc4ccc(Cl)cc4n3)c2)c1)(c1ccccc1)c1ccccc1. The van der Waals surface area contributed by atoms with E-state index in [0.29, 0.717) is 36.3 Å². The summed E-state index contributed by atoms with van der Waals surface area (Å²) in [7, 11) is 1.03. The van der Waals surface area contributed by atoms with Gasteiger partial charge in [-0.05, 0) is 69.4 Å². The zero-order valence-electron chi connectivity index (χ0n) is 30.9. The van der Waals surface area contributed by atoms with Crippen molar-refractivity contribution in [2.24, 2.45) is 5.92 Å². The lowest BCUT2D eigenvalue weighted by molar-refractivity contribution is -0.128. The molecule has 6 rings (SSSR count). The number of rotatable bonds is 16. The summed E-state index contributed by atoms with van der Waals surface area (Å²) >= 11 is 8.00. The highest BCUT2D eigenvalue weighted by Gasteiger charge is 2.40. The van der Waals surface area contributed by atoms with Crippen molar-refractivity contribution in [1.29, 1.82) is 0 Å². The number of thioether (sulfide) groups is 1. The second-order valence-electron chi connectivity index (χ2n) is 14.0. The van der Waals surface area contributed by atoms with E-state index >= 15 is 0 Å². The van der Waals surface area contributed by atoms with Crippen LogP contribution in [0.25, 0.3) is 10.9 Å². The molecule has 0 N–H and O–H groups in total. The highest BCUT2D eigenvalue weighted by Crippen LogP contribution is 2.38. The smallest absolute Gasteiger partial charge is 0.256 e. The van der Waals surface area contributed by atoms with Gasteiger partial charge in [-0.15, -0.1) is 11.8 Å². The topological polar surface area (TPSA) is 51.7 Å². The molecule has 0 saturated carbocycles. The lowest BCUT2D eigenvalue weighted by Gasteiger charge is -2.34. The molecule has 8 heteroatoms. The van der Waals surface area contributed by atoms with Gasteiger partial charge in [0.25, 0.3) is 8.32 Å². The molecule has 1 unspecified atom stereocenters. The monoisotopic (exact) mass is 758 g/mol. The van der Waals surface area contributed by atoms with Crippen molar-refractivity contribution in [3.05, 3.63) is 167 Å². The average Bonchev–Trinajstić information content (AvgIpc) is 3.17. The first kappa shape index (κ1) is 38.3. The van der Waals surface area contributed by atoms with Gasteiger partial charge in [-0.1, -0.05) is 135 Å². The van der Waals surface area contributed by atoms with Crippen molar-refractivity contribution in [2.75, 3.05) is 19.8 Å². The lowest BCUT2D eigenvalue weighted by atomic mass is 10.0. The van der Waals surface area contributed by atoms with Crippen molar-refractivity contribution in [3.8, 4) is 5.75 Å². The third kappa shape index (κ3) is 9.98. The van der Waals surface area contributed by atoms with Crippen LogP contribution in [0, 0.1) is 5.92 Å². The molecule has 1 atom stereocenters. The van der Waals surface area contributed by atoms with Gasteiger partial charge in [0.05, 0.1) is 23.1 Å². The van der Waals surface area contributed by atoms with E-state index in [-0.39, 0.29) is 11.2 Å². The lowest BCUT2D eigenvalue weighted by Crippen LogP contribution is -2.61. The molecule has 0 spiro atoms. The molecule has 272 valence electrons. The summed E-state index contributed by atoms with van der Waals surface area (Å²) in [6.07, 6.45) is 0.461. The van der Waals surface area contributed by atoms with Crippen LogP contribution in [0.15, 0.2) is 140 Å². The van der Waals surface area contributed by atoms with Crippen LogP contribution in [-0.2, 0) is 22.4 Å². The number of fused-ring (bicyclic) bond motifs is 1. The molecule has 5 aromatic carbocycles. The summed E-state index contributed by atoms with van der Waals surface area (Å²) < 4.78 is 13.6. The van der Waals surface area contributed by atoms with Gasteiger partial charge in [-0.25, -0.2) is 4.98 Å². The maximum absolute atomic E-state index is 12.6. The quantitative estimate of drug-likeness (QED) is 0.0921. The van der Waals surface area contributed by atoms with E-state index in [1.807, 2.05) is 42.5 Å². The molecule has 1 heterocycles.